The van der Waals surface area contributed by atoms with E-state index in [1.807, 2.05) is 11.8 Å². The predicted octanol–water partition coefficient (Wildman–Crippen LogP) is 1.92. The van der Waals surface area contributed by atoms with Gasteiger partial charge in [0.05, 0.1) is 17.7 Å². The molecule has 1 heterocycles. The lowest BCUT2D eigenvalue weighted by Crippen LogP contribution is -2.50. The summed E-state index contributed by atoms with van der Waals surface area (Å²) in [5.41, 5.74) is 3.90. The highest BCUT2D eigenvalue weighted by atomic mass is 79.9. The minimum absolute atomic E-state index is 0.0575. The van der Waals surface area contributed by atoms with Gasteiger partial charge in [-0.25, -0.2) is 13.8 Å². The lowest BCUT2D eigenvalue weighted by molar-refractivity contribution is -0.122. The summed E-state index contributed by atoms with van der Waals surface area (Å²) < 4.78 is 27.7. The Morgan fingerprint density at radius 1 is 1.17 bits per heavy atom. The van der Waals surface area contributed by atoms with Gasteiger partial charge in [-0.15, -0.1) is 0 Å². The number of amides is 1. The zero-order chi connectivity index (χ0) is 21.7. The van der Waals surface area contributed by atoms with Gasteiger partial charge in [0, 0.05) is 36.2 Å². The van der Waals surface area contributed by atoms with E-state index in [2.05, 4.69) is 26.5 Å². The summed E-state index contributed by atoms with van der Waals surface area (Å²) in [7, 11) is -3.53. The molecule has 1 aliphatic heterocycles. The quantitative estimate of drug-likeness (QED) is 0.471. The van der Waals surface area contributed by atoms with Gasteiger partial charge in [0.2, 0.25) is 10.0 Å². The van der Waals surface area contributed by atoms with E-state index in [9.17, 15) is 18.3 Å². The number of carbonyl (C=O) groups excluding carboxylic acids is 1. The molecule has 0 spiro atoms. The molecule has 0 aliphatic carbocycles. The normalized spacial score (nSPS) is 16.1. The first-order chi connectivity index (χ1) is 14.3. The highest BCUT2D eigenvalue weighted by Crippen LogP contribution is 2.20. The number of piperazine rings is 1. The molecule has 1 amide bonds. The zero-order valence-corrected chi connectivity index (χ0v) is 18.9. The fraction of sp³-hybridized carbons (Fsp3) is 0.300. The van der Waals surface area contributed by atoms with Crippen LogP contribution in [0, 0.1) is 6.92 Å². The van der Waals surface area contributed by atoms with Gasteiger partial charge in [0.1, 0.15) is 5.75 Å². The van der Waals surface area contributed by atoms with Crippen molar-refractivity contribution >= 4 is 38.1 Å². The van der Waals surface area contributed by atoms with Crippen molar-refractivity contribution in [1.29, 1.82) is 0 Å². The average molecular weight is 495 g/mol. The molecule has 2 aromatic carbocycles. The first-order valence-corrected chi connectivity index (χ1v) is 11.6. The average Bonchev–Trinajstić information content (AvgIpc) is 2.71. The van der Waals surface area contributed by atoms with E-state index in [4.69, 9.17) is 0 Å². The molecule has 2 aromatic rings. The summed E-state index contributed by atoms with van der Waals surface area (Å²) in [5, 5.41) is 13.6. The Kier molecular flexibility index (Phi) is 7.24. The lowest BCUT2D eigenvalue weighted by Gasteiger charge is -2.33. The van der Waals surface area contributed by atoms with Crippen LogP contribution in [0.15, 0.2) is 56.9 Å². The third-order valence-corrected chi connectivity index (χ3v) is 7.15. The highest BCUT2D eigenvalue weighted by Gasteiger charge is 2.28. The second kappa shape index (κ2) is 9.69. The van der Waals surface area contributed by atoms with Crippen LogP contribution in [0.1, 0.15) is 11.1 Å². The molecule has 0 aromatic heterocycles. The molecule has 10 heteroatoms. The van der Waals surface area contributed by atoms with E-state index < -0.39 is 10.0 Å². The minimum Gasteiger partial charge on any atom is -0.507 e. The number of benzene rings is 2. The fourth-order valence-corrected chi connectivity index (χ4v) is 4.83. The van der Waals surface area contributed by atoms with Crippen molar-refractivity contribution in [2.45, 2.75) is 11.8 Å². The molecule has 2 N–H and O–H groups in total. The molecule has 0 unspecified atom stereocenters. The van der Waals surface area contributed by atoms with Crippen LogP contribution < -0.4 is 5.43 Å². The number of hydrogen-bond acceptors (Lipinski definition) is 6. The van der Waals surface area contributed by atoms with Crippen molar-refractivity contribution in [2.24, 2.45) is 5.10 Å². The van der Waals surface area contributed by atoms with Crippen molar-refractivity contribution in [3.05, 3.63) is 58.1 Å². The first kappa shape index (κ1) is 22.4. The number of hydrogen-bond donors (Lipinski definition) is 2. The maximum absolute atomic E-state index is 12.7. The largest absolute Gasteiger partial charge is 0.507 e. The molecule has 1 saturated heterocycles. The van der Waals surface area contributed by atoms with Gasteiger partial charge in [0.25, 0.3) is 5.91 Å². The Bertz CT molecular complexity index is 1030. The Labute approximate surface area is 184 Å². The number of phenols is 1. The maximum atomic E-state index is 12.7. The van der Waals surface area contributed by atoms with Gasteiger partial charge in [0.15, 0.2) is 0 Å². The van der Waals surface area contributed by atoms with Gasteiger partial charge in [-0.2, -0.15) is 9.41 Å². The lowest BCUT2D eigenvalue weighted by atomic mass is 10.2. The van der Waals surface area contributed by atoms with E-state index in [0.717, 1.165) is 10.0 Å². The van der Waals surface area contributed by atoms with Crippen molar-refractivity contribution in [3.63, 3.8) is 0 Å². The molecule has 3 rings (SSSR count). The SMILES string of the molecule is Cc1ccc(S(=O)(=O)N2CCN(CC(=O)N/N=C/c3cc(Br)ccc3O)CC2)cc1. The van der Waals surface area contributed by atoms with E-state index in [1.54, 1.807) is 36.4 Å². The van der Waals surface area contributed by atoms with Gasteiger partial charge in [-0.3, -0.25) is 9.69 Å². The number of aryl methyl sites for hydroxylation is 1. The van der Waals surface area contributed by atoms with Crippen molar-refractivity contribution < 1.29 is 18.3 Å². The van der Waals surface area contributed by atoms with Gasteiger partial charge in [-0.1, -0.05) is 33.6 Å². The molecule has 1 aliphatic rings. The molecular weight excluding hydrogens is 472 g/mol. The first-order valence-electron chi connectivity index (χ1n) is 9.35. The second-order valence-electron chi connectivity index (χ2n) is 6.99. The van der Waals surface area contributed by atoms with Gasteiger partial charge >= 0.3 is 0 Å². The maximum Gasteiger partial charge on any atom is 0.254 e. The van der Waals surface area contributed by atoms with E-state index >= 15 is 0 Å². The summed E-state index contributed by atoms with van der Waals surface area (Å²) >= 11 is 3.31. The minimum atomic E-state index is -3.53. The molecule has 0 bridgehead atoms. The van der Waals surface area contributed by atoms with Crippen LogP contribution in [0.4, 0.5) is 0 Å². The van der Waals surface area contributed by atoms with E-state index in [-0.39, 0.29) is 23.1 Å². The molecule has 1 fully saturated rings. The fourth-order valence-electron chi connectivity index (χ4n) is 3.03. The third kappa shape index (κ3) is 5.66. The third-order valence-electron chi connectivity index (χ3n) is 4.74. The number of phenolic OH excluding ortho intramolecular Hbond substituents is 1. The molecule has 0 saturated carbocycles. The number of sulfonamides is 1. The molecule has 0 atom stereocenters. The second-order valence-corrected chi connectivity index (χ2v) is 9.84. The van der Waals surface area contributed by atoms with Crippen LogP contribution in [-0.4, -0.2) is 67.6 Å². The highest BCUT2D eigenvalue weighted by molar-refractivity contribution is 9.10. The Morgan fingerprint density at radius 3 is 2.50 bits per heavy atom. The van der Waals surface area contributed by atoms with Crippen LogP contribution in [0.3, 0.4) is 0 Å². The molecular formula is C20H23BrN4O4S. The Balaban J connectivity index is 1.49. The van der Waals surface area contributed by atoms with Crippen LogP contribution in [0.5, 0.6) is 5.75 Å². The molecule has 0 radical (unpaired) electrons. The Hall–Kier alpha value is -2.27. The molecule has 8 nitrogen and oxygen atoms in total. The number of carbonyl (C=O) groups is 1. The Morgan fingerprint density at radius 2 is 1.83 bits per heavy atom. The number of aromatic hydroxyl groups is 1. The van der Waals surface area contributed by atoms with Gasteiger partial charge < -0.3 is 5.11 Å². The monoisotopic (exact) mass is 494 g/mol. The topological polar surface area (TPSA) is 102 Å². The number of halogens is 1. The van der Waals surface area contributed by atoms with Crippen LogP contribution in [0.2, 0.25) is 0 Å². The van der Waals surface area contributed by atoms with Crippen LogP contribution >= 0.6 is 15.9 Å². The standard InChI is InChI=1S/C20H23BrN4O4S/c1-15-2-5-18(6-3-15)30(28,29)25-10-8-24(9-11-25)14-20(27)23-22-13-16-12-17(21)4-7-19(16)26/h2-7,12-13,26H,8-11,14H2,1H3,(H,23,27)/b22-13+. The summed E-state index contributed by atoms with van der Waals surface area (Å²) in [4.78, 5) is 14.3. The number of nitrogens with one attached hydrogen (secondary N) is 1. The van der Waals surface area contributed by atoms with Crippen LogP contribution in [0.25, 0.3) is 0 Å². The number of nitrogens with zero attached hydrogens (tertiary/aromatic N) is 3. The van der Waals surface area contributed by atoms with Crippen molar-refractivity contribution in [1.82, 2.24) is 14.6 Å². The van der Waals surface area contributed by atoms with Gasteiger partial charge in [-0.05, 0) is 37.3 Å². The van der Waals surface area contributed by atoms with Crippen LogP contribution in [-0.2, 0) is 14.8 Å². The van der Waals surface area contributed by atoms with Crippen molar-refractivity contribution in [2.75, 3.05) is 32.7 Å². The number of hydrazone groups is 1. The van der Waals surface area contributed by atoms with E-state index in [1.165, 1.54) is 16.6 Å². The molecule has 160 valence electrons. The van der Waals surface area contributed by atoms with Crippen molar-refractivity contribution in [3.8, 4) is 5.75 Å². The predicted molar refractivity (Wildman–Crippen MR) is 118 cm³/mol. The van der Waals surface area contributed by atoms with E-state index in [0.29, 0.717) is 31.7 Å². The molecule has 30 heavy (non-hydrogen) atoms. The summed E-state index contributed by atoms with van der Waals surface area (Å²) in [6.45, 7) is 3.56. The smallest absolute Gasteiger partial charge is 0.254 e. The summed E-state index contributed by atoms with van der Waals surface area (Å²) in [6, 6.07) is 11.7. The summed E-state index contributed by atoms with van der Waals surface area (Å²) in [6.07, 6.45) is 1.37. The number of rotatable bonds is 6. The summed E-state index contributed by atoms with van der Waals surface area (Å²) in [5.74, 6) is -0.252. The zero-order valence-electron chi connectivity index (χ0n) is 16.5.